The number of alkyl carbamates (subject to hydrolysis) is 1. The molecule has 2 bridgehead atoms. The Balaban J connectivity index is 0.000000357. The second-order valence-electron chi connectivity index (χ2n) is 11.6. The highest BCUT2D eigenvalue weighted by Gasteiger charge is 2.48. The lowest BCUT2D eigenvalue weighted by molar-refractivity contribution is -0.139. The van der Waals surface area contributed by atoms with E-state index in [9.17, 15) is 19.2 Å². The third kappa shape index (κ3) is 18.3. The third-order valence-electron chi connectivity index (χ3n) is 8.02. The maximum atomic E-state index is 11.3. The molecule has 3 rings (SSSR count). The molecular weight excluding hydrogens is 596 g/mol. The average molecular weight is 655 g/mol. The molecule has 2 N–H and O–H groups in total. The van der Waals surface area contributed by atoms with E-state index in [-0.39, 0.29) is 45.2 Å². The van der Waals surface area contributed by atoms with E-state index in [0.29, 0.717) is 50.8 Å². The Labute approximate surface area is 275 Å². The van der Waals surface area contributed by atoms with Crippen molar-refractivity contribution in [2.75, 3.05) is 72.6 Å². The summed E-state index contributed by atoms with van der Waals surface area (Å²) in [5.41, 5.74) is 0.665. The summed E-state index contributed by atoms with van der Waals surface area (Å²) in [5.74, 6) is 3.74. The first-order valence-electron chi connectivity index (χ1n) is 16.7. The molecule has 12 nitrogen and oxygen atoms in total. The topological polar surface area (TPSA) is 148 Å². The van der Waals surface area contributed by atoms with Crippen LogP contribution in [0.25, 0.3) is 0 Å². The van der Waals surface area contributed by atoms with Gasteiger partial charge < -0.3 is 39.1 Å². The lowest BCUT2D eigenvalue weighted by Gasteiger charge is -2.23. The predicted octanol–water partition coefficient (Wildman–Crippen LogP) is 4.37. The molecule has 0 aromatic heterocycles. The van der Waals surface area contributed by atoms with Crippen LogP contribution < -0.4 is 10.6 Å². The minimum Gasteiger partial charge on any atom is -0.460 e. The van der Waals surface area contributed by atoms with E-state index < -0.39 is 18.0 Å². The monoisotopic (exact) mass is 654 g/mol. The molecule has 0 aromatic rings. The zero-order valence-corrected chi connectivity index (χ0v) is 28.5. The van der Waals surface area contributed by atoms with Gasteiger partial charge in [-0.1, -0.05) is 19.6 Å². The van der Waals surface area contributed by atoms with E-state index in [0.717, 1.165) is 0 Å². The van der Waals surface area contributed by atoms with Crippen LogP contribution in [0.1, 0.15) is 72.6 Å². The molecule has 3 aliphatic carbocycles. The summed E-state index contributed by atoms with van der Waals surface area (Å²) in [6, 6.07) is 0. The second kappa shape index (κ2) is 25.2. The lowest BCUT2D eigenvalue weighted by atomic mass is 9.82. The molecule has 0 spiro atoms. The van der Waals surface area contributed by atoms with Crippen molar-refractivity contribution in [2.45, 2.75) is 72.6 Å². The summed E-state index contributed by atoms with van der Waals surface area (Å²) in [5, 5.41) is 5.05. The van der Waals surface area contributed by atoms with E-state index in [4.69, 9.17) is 28.4 Å². The largest absolute Gasteiger partial charge is 0.460 e. The van der Waals surface area contributed by atoms with Gasteiger partial charge in [0.15, 0.2) is 0 Å². The molecule has 3 aliphatic rings. The molecule has 0 heterocycles. The fourth-order valence-corrected chi connectivity index (χ4v) is 5.90. The Hall–Kier alpha value is -2.96. The number of ether oxygens (including phenoxy) is 6. The van der Waals surface area contributed by atoms with Crippen molar-refractivity contribution < 1.29 is 47.6 Å². The van der Waals surface area contributed by atoms with Gasteiger partial charge in [-0.3, -0.25) is 4.79 Å². The number of fused-ring (bicyclic) bond motifs is 5. The highest BCUT2D eigenvalue weighted by atomic mass is 16.6. The van der Waals surface area contributed by atoms with Gasteiger partial charge in [-0.2, -0.15) is 0 Å². The van der Waals surface area contributed by atoms with Crippen LogP contribution in [0, 0.1) is 23.7 Å². The third-order valence-corrected chi connectivity index (χ3v) is 8.02. The fraction of sp³-hybridized carbons (Fsp3) is 0.765. The molecule has 0 saturated heterocycles. The molecule has 12 heteroatoms. The van der Waals surface area contributed by atoms with Crippen molar-refractivity contribution in [2.24, 2.45) is 23.7 Å². The van der Waals surface area contributed by atoms with E-state index in [1.54, 1.807) is 52.4 Å². The molecule has 46 heavy (non-hydrogen) atoms. The quantitative estimate of drug-likeness (QED) is 0.0891. The van der Waals surface area contributed by atoms with Gasteiger partial charge in [0.2, 0.25) is 5.91 Å². The van der Waals surface area contributed by atoms with Gasteiger partial charge in [-0.05, 0) is 83.5 Å². The van der Waals surface area contributed by atoms with Crippen LogP contribution in [0.15, 0.2) is 24.3 Å². The molecule has 2 amide bonds. The number of nitrogens with one attached hydrogen (secondary N) is 2. The fourth-order valence-electron chi connectivity index (χ4n) is 5.90. The highest BCUT2D eigenvalue weighted by Crippen LogP contribution is 2.58. The van der Waals surface area contributed by atoms with Crippen LogP contribution in [0.4, 0.5) is 4.79 Å². The van der Waals surface area contributed by atoms with Crippen LogP contribution >= 0.6 is 0 Å². The Bertz CT molecular complexity index is 925. The molecule has 0 aliphatic heterocycles. The first kappa shape index (κ1) is 41.1. The summed E-state index contributed by atoms with van der Waals surface area (Å²) >= 11 is 0. The number of amides is 2. The first-order chi connectivity index (χ1) is 22.1. The molecule has 3 saturated carbocycles. The van der Waals surface area contributed by atoms with Gasteiger partial charge >= 0.3 is 18.0 Å². The zero-order valence-electron chi connectivity index (χ0n) is 28.5. The number of carbonyl (C=O) groups excluding carboxylic acids is 4. The van der Waals surface area contributed by atoms with Gasteiger partial charge in [-0.25, -0.2) is 14.4 Å². The molecular formula is C34H58N2O10. The molecule has 4 atom stereocenters. The van der Waals surface area contributed by atoms with Gasteiger partial charge in [-0.15, -0.1) is 0 Å². The summed E-state index contributed by atoms with van der Waals surface area (Å²) in [7, 11) is 0. The van der Waals surface area contributed by atoms with E-state index in [1.165, 1.54) is 23.7 Å². The smallest absolute Gasteiger partial charge is 0.407 e. The van der Waals surface area contributed by atoms with Crippen molar-refractivity contribution in [3.8, 4) is 0 Å². The van der Waals surface area contributed by atoms with Gasteiger partial charge in [0.05, 0.1) is 39.5 Å². The Morgan fingerprint density at radius 3 is 1.65 bits per heavy atom. The van der Waals surface area contributed by atoms with Crippen molar-refractivity contribution in [1.82, 2.24) is 10.6 Å². The molecule has 4 unspecified atom stereocenters. The van der Waals surface area contributed by atoms with E-state index in [1.807, 2.05) is 13.8 Å². The molecule has 264 valence electrons. The summed E-state index contributed by atoms with van der Waals surface area (Å²) < 4.78 is 29.6. The number of esters is 2. The van der Waals surface area contributed by atoms with Gasteiger partial charge in [0.1, 0.15) is 19.8 Å². The number of hydrogen-bond donors (Lipinski definition) is 2. The first-order valence-corrected chi connectivity index (χ1v) is 16.7. The predicted molar refractivity (Wildman–Crippen MR) is 174 cm³/mol. The zero-order chi connectivity index (χ0) is 34.2. The number of hydrogen-bond acceptors (Lipinski definition) is 10. The summed E-state index contributed by atoms with van der Waals surface area (Å²) in [6.07, 6.45) is 9.25. The second-order valence-corrected chi connectivity index (χ2v) is 11.6. The number of carbonyl (C=O) groups is 4. The molecule has 0 radical (unpaired) electrons. The van der Waals surface area contributed by atoms with Crippen LogP contribution in [0.3, 0.4) is 0 Å². The van der Waals surface area contributed by atoms with Crippen molar-refractivity contribution in [1.29, 1.82) is 0 Å². The van der Waals surface area contributed by atoms with Crippen LogP contribution in [-0.2, 0) is 42.8 Å². The Morgan fingerprint density at radius 2 is 1.13 bits per heavy atom. The van der Waals surface area contributed by atoms with E-state index >= 15 is 0 Å². The van der Waals surface area contributed by atoms with Gasteiger partial charge in [0.25, 0.3) is 0 Å². The summed E-state index contributed by atoms with van der Waals surface area (Å²) in [6.45, 7) is 17.7. The maximum Gasteiger partial charge on any atom is 0.407 e. The van der Waals surface area contributed by atoms with Crippen LogP contribution in [0.2, 0.25) is 0 Å². The standard InChI is InChI=1S/C13H23NO5.C11H19NO5.C10H16/c1-4-17-9-10-18-7-5-12(15)14-6-8-19-13(16)11(2)3;1-4-15-7-8-17-11(14)12-5-6-16-10(13)9(2)3;1-2-9-7-4-5-8(6-7)10(9)3-1/h2,4-10H2,1,3H3,(H,14,15);2,4-8H2,1,3H3,(H,12,14);7-10H,1-6H2. The maximum absolute atomic E-state index is 11.3. The molecule has 3 fully saturated rings. The minimum atomic E-state index is -0.559. The van der Waals surface area contributed by atoms with Crippen molar-refractivity contribution >= 4 is 23.9 Å². The number of rotatable bonds is 19. The van der Waals surface area contributed by atoms with Crippen molar-refractivity contribution in [3.05, 3.63) is 24.3 Å². The summed E-state index contributed by atoms with van der Waals surface area (Å²) in [4.78, 5) is 44.3. The average Bonchev–Trinajstić information content (AvgIpc) is 3.78. The SMILES string of the molecule is C1CC2C3CCC(C3)C2C1.C=C(C)C(=O)OCCNC(=O)CCOCCOCC.C=C(C)C(=O)OCCNC(=O)OCCOCC. The van der Waals surface area contributed by atoms with Crippen molar-refractivity contribution in [3.63, 3.8) is 0 Å². The lowest BCUT2D eigenvalue weighted by Crippen LogP contribution is -2.29. The normalized spacial score (nSPS) is 20.2. The highest BCUT2D eigenvalue weighted by molar-refractivity contribution is 5.87. The van der Waals surface area contributed by atoms with Crippen LogP contribution in [-0.4, -0.2) is 96.5 Å². The molecule has 0 aromatic carbocycles. The Morgan fingerprint density at radius 1 is 0.630 bits per heavy atom. The van der Waals surface area contributed by atoms with E-state index in [2.05, 4.69) is 23.8 Å². The van der Waals surface area contributed by atoms with Gasteiger partial charge in [0, 0.05) is 30.8 Å². The minimum absolute atomic E-state index is 0.0895. The Kier molecular flexibility index (Phi) is 22.5. The van der Waals surface area contributed by atoms with Crippen LogP contribution in [0.5, 0.6) is 0 Å².